The lowest BCUT2D eigenvalue weighted by molar-refractivity contribution is -0.164. The molecule has 2 aromatic carbocycles. The Morgan fingerprint density at radius 1 is 1.19 bits per heavy atom. The molecule has 0 unspecified atom stereocenters. The highest BCUT2D eigenvalue weighted by Gasteiger charge is 2.38. The molecule has 0 saturated carbocycles. The SMILES string of the molecule is CCO[C@@H]1OC(C(=O)Nc2ccc(-c3nc4ccc(C)cc4s3)cc2)=C[C@H](c2ccsc2)[C@@H]1CCCO. The fraction of sp³-hybridized carbons (Fsp3) is 0.310. The number of aliphatic hydroxyl groups excluding tert-OH is 1. The number of hydrogen-bond acceptors (Lipinski definition) is 7. The monoisotopic (exact) mass is 534 g/mol. The maximum atomic E-state index is 13.2. The molecule has 1 aliphatic rings. The second kappa shape index (κ2) is 11.6. The van der Waals surface area contributed by atoms with Gasteiger partial charge in [-0.05, 0) is 97.1 Å². The Bertz CT molecular complexity index is 1380. The van der Waals surface area contributed by atoms with Gasteiger partial charge in [0.15, 0.2) is 5.76 Å². The molecule has 37 heavy (non-hydrogen) atoms. The van der Waals surface area contributed by atoms with Gasteiger partial charge in [-0.25, -0.2) is 4.98 Å². The van der Waals surface area contributed by atoms with E-state index in [9.17, 15) is 9.90 Å². The van der Waals surface area contributed by atoms with Gasteiger partial charge in [0, 0.05) is 36.3 Å². The van der Waals surface area contributed by atoms with Crippen LogP contribution in [0.25, 0.3) is 20.8 Å². The lowest BCUT2D eigenvalue weighted by atomic mass is 9.81. The van der Waals surface area contributed by atoms with Crippen molar-refractivity contribution in [1.82, 2.24) is 4.98 Å². The minimum atomic E-state index is -0.558. The molecule has 0 saturated heterocycles. The van der Waals surface area contributed by atoms with Crippen LogP contribution in [0.2, 0.25) is 0 Å². The number of aliphatic hydroxyl groups is 1. The number of carbonyl (C=O) groups is 1. The summed E-state index contributed by atoms with van der Waals surface area (Å²) >= 11 is 3.28. The van der Waals surface area contributed by atoms with Crippen LogP contribution < -0.4 is 5.32 Å². The molecular formula is C29H30N2O4S2. The van der Waals surface area contributed by atoms with Gasteiger partial charge in [0.2, 0.25) is 6.29 Å². The number of carbonyl (C=O) groups excluding carboxylic acids is 1. The van der Waals surface area contributed by atoms with E-state index in [-0.39, 0.29) is 30.1 Å². The summed E-state index contributed by atoms with van der Waals surface area (Å²) in [4.78, 5) is 18.0. The first-order valence-electron chi connectivity index (χ1n) is 12.5. The number of ether oxygens (including phenoxy) is 2. The molecule has 0 spiro atoms. The van der Waals surface area contributed by atoms with Gasteiger partial charge in [-0.3, -0.25) is 4.79 Å². The molecule has 0 bridgehead atoms. The summed E-state index contributed by atoms with van der Waals surface area (Å²) in [7, 11) is 0. The first kappa shape index (κ1) is 25.6. The lowest BCUT2D eigenvalue weighted by Gasteiger charge is -2.36. The van der Waals surface area contributed by atoms with Crippen molar-refractivity contribution in [2.45, 2.75) is 38.9 Å². The van der Waals surface area contributed by atoms with Gasteiger partial charge in [-0.15, -0.1) is 11.3 Å². The Balaban J connectivity index is 1.35. The molecule has 8 heteroatoms. The Morgan fingerprint density at radius 3 is 2.76 bits per heavy atom. The minimum Gasteiger partial charge on any atom is -0.459 e. The number of nitrogens with one attached hydrogen (secondary N) is 1. The van der Waals surface area contributed by atoms with Crippen LogP contribution in [0.5, 0.6) is 0 Å². The quantitative estimate of drug-likeness (QED) is 0.249. The highest BCUT2D eigenvalue weighted by Crippen LogP contribution is 2.40. The van der Waals surface area contributed by atoms with Crippen LogP contribution in [0.1, 0.15) is 36.8 Å². The summed E-state index contributed by atoms with van der Waals surface area (Å²) in [6.07, 6.45) is 2.72. The smallest absolute Gasteiger partial charge is 0.290 e. The Kier molecular flexibility index (Phi) is 8.00. The molecule has 3 heterocycles. The molecule has 3 atom stereocenters. The van der Waals surface area contributed by atoms with Crippen molar-refractivity contribution in [3.8, 4) is 10.6 Å². The zero-order valence-electron chi connectivity index (χ0n) is 20.8. The molecule has 0 radical (unpaired) electrons. The standard InChI is InChI=1S/C29H30N2O4S2/c1-3-34-29-22(5-4-13-32)23(20-12-14-36-17-20)16-25(35-29)27(33)30-21-9-7-19(8-10-21)28-31-24-11-6-18(2)15-26(24)37-28/h6-12,14-17,22-23,29,32H,3-5,13H2,1-2H3,(H,30,33)/t22-,23+,29+/m0/s1. The first-order chi connectivity index (χ1) is 18.1. The summed E-state index contributed by atoms with van der Waals surface area (Å²) in [6, 6.07) is 16.0. The molecule has 1 amide bonds. The van der Waals surface area contributed by atoms with E-state index in [0.29, 0.717) is 18.7 Å². The summed E-state index contributed by atoms with van der Waals surface area (Å²) in [5.41, 5.74) is 5.02. The predicted molar refractivity (Wildman–Crippen MR) is 150 cm³/mol. The van der Waals surface area contributed by atoms with Gasteiger partial charge in [-0.1, -0.05) is 6.07 Å². The molecule has 0 fully saturated rings. The number of aryl methyl sites for hydroxylation is 1. The molecule has 1 aliphatic heterocycles. The molecule has 4 aromatic rings. The normalized spacial score (nSPS) is 19.4. The van der Waals surface area contributed by atoms with Gasteiger partial charge in [-0.2, -0.15) is 11.3 Å². The molecule has 0 aliphatic carbocycles. The van der Waals surface area contributed by atoms with E-state index in [1.165, 1.54) is 5.56 Å². The van der Waals surface area contributed by atoms with Crippen LogP contribution in [-0.2, 0) is 14.3 Å². The predicted octanol–water partition coefficient (Wildman–Crippen LogP) is 6.72. The summed E-state index contributed by atoms with van der Waals surface area (Å²) < 4.78 is 13.2. The van der Waals surface area contributed by atoms with Crippen molar-refractivity contribution < 1.29 is 19.4 Å². The number of benzene rings is 2. The maximum absolute atomic E-state index is 13.2. The lowest BCUT2D eigenvalue weighted by Crippen LogP contribution is -2.37. The van der Waals surface area contributed by atoms with E-state index in [4.69, 9.17) is 14.5 Å². The second-order valence-electron chi connectivity index (χ2n) is 9.11. The van der Waals surface area contributed by atoms with Gasteiger partial charge >= 0.3 is 0 Å². The first-order valence-corrected chi connectivity index (χ1v) is 14.2. The van der Waals surface area contributed by atoms with Crippen LogP contribution in [-0.4, -0.2) is 35.5 Å². The number of allylic oxidation sites excluding steroid dienone is 1. The molecule has 192 valence electrons. The van der Waals surface area contributed by atoms with E-state index in [1.54, 1.807) is 22.7 Å². The molecule has 6 nitrogen and oxygen atoms in total. The third kappa shape index (κ3) is 5.78. The zero-order valence-corrected chi connectivity index (χ0v) is 22.5. The number of fused-ring (bicyclic) bond motifs is 1. The van der Waals surface area contributed by atoms with Crippen LogP contribution >= 0.6 is 22.7 Å². The van der Waals surface area contributed by atoms with E-state index in [1.807, 2.05) is 48.7 Å². The largest absolute Gasteiger partial charge is 0.459 e. The summed E-state index contributed by atoms with van der Waals surface area (Å²) in [5, 5.41) is 17.5. The highest BCUT2D eigenvalue weighted by atomic mass is 32.1. The van der Waals surface area contributed by atoms with Crippen LogP contribution in [0.3, 0.4) is 0 Å². The number of aromatic nitrogens is 1. The molecular weight excluding hydrogens is 504 g/mol. The zero-order chi connectivity index (χ0) is 25.8. The van der Waals surface area contributed by atoms with Gasteiger partial charge in [0.1, 0.15) is 5.01 Å². The van der Waals surface area contributed by atoms with E-state index < -0.39 is 6.29 Å². The number of hydrogen-bond donors (Lipinski definition) is 2. The van der Waals surface area contributed by atoms with Crippen molar-refractivity contribution in [3.05, 3.63) is 82.3 Å². The third-order valence-electron chi connectivity index (χ3n) is 6.50. The van der Waals surface area contributed by atoms with Crippen molar-refractivity contribution in [3.63, 3.8) is 0 Å². The van der Waals surface area contributed by atoms with E-state index in [0.717, 1.165) is 32.8 Å². The summed E-state index contributed by atoms with van der Waals surface area (Å²) in [6.45, 7) is 4.57. The number of thiazole rings is 1. The van der Waals surface area contributed by atoms with Gasteiger partial charge in [0.05, 0.1) is 10.2 Å². The fourth-order valence-electron chi connectivity index (χ4n) is 4.65. The number of thiophene rings is 1. The Hall–Kier alpha value is -3.04. The van der Waals surface area contributed by atoms with Crippen LogP contribution in [0.4, 0.5) is 5.69 Å². The van der Waals surface area contributed by atoms with Crippen LogP contribution in [0.15, 0.2) is 71.1 Å². The van der Waals surface area contributed by atoms with Crippen LogP contribution in [0, 0.1) is 12.8 Å². The highest BCUT2D eigenvalue weighted by molar-refractivity contribution is 7.21. The fourth-order valence-corrected chi connectivity index (χ4v) is 6.43. The number of nitrogens with zero attached hydrogens (tertiary/aromatic N) is 1. The number of anilines is 1. The average molecular weight is 535 g/mol. The summed E-state index contributed by atoms with van der Waals surface area (Å²) in [5.74, 6) is -0.0849. The topological polar surface area (TPSA) is 80.7 Å². The number of rotatable bonds is 9. The van der Waals surface area contributed by atoms with Gasteiger partial charge < -0.3 is 19.9 Å². The maximum Gasteiger partial charge on any atom is 0.290 e. The molecule has 2 N–H and O–H groups in total. The molecule has 2 aromatic heterocycles. The van der Waals surface area contributed by atoms with Crippen molar-refractivity contribution in [2.75, 3.05) is 18.5 Å². The Labute approximate surface area is 224 Å². The Morgan fingerprint density at radius 2 is 2.03 bits per heavy atom. The minimum absolute atomic E-state index is 0.00938. The van der Waals surface area contributed by atoms with Gasteiger partial charge in [0.25, 0.3) is 5.91 Å². The van der Waals surface area contributed by atoms with Crippen molar-refractivity contribution in [2.24, 2.45) is 5.92 Å². The second-order valence-corrected chi connectivity index (χ2v) is 10.9. The number of amides is 1. The van der Waals surface area contributed by atoms with Crippen molar-refractivity contribution >= 4 is 44.5 Å². The average Bonchev–Trinajstić information content (AvgIpc) is 3.58. The third-order valence-corrected chi connectivity index (χ3v) is 8.27. The van der Waals surface area contributed by atoms with Crippen molar-refractivity contribution in [1.29, 1.82) is 0 Å². The van der Waals surface area contributed by atoms with E-state index >= 15 is 0 Å². The molecule has 5 rings (SSSR count). The van der Waals surface area contributed by atoms with E-state index in [2.05, 4.69) is 35.8 Å².